The maximum atomic E-state index is 12.7. The molecule has 0 bridgehead atoms. The smallest absolute Gasteiger partial charge is 0.233 e. The minimum absolute atomic E-state index is 0.151. The average molecular weight is 386 g/mol. The van der Waals surface area contributed by atoms with Gasteiger partial charge in [0.2, 0.25) is 5.91 Å². The first-order chi connectivity index (χ1) is 13.1. The van der Waals surface area contributed by atoms with Gasteiger partial charge in [0.15, 0.2) is 11.5 Å². The van der Waals surface area contributed by atoms with Crippen LogP contribution >= 0.6 is 11.8 Å². The molecule has 3 rings (SSSR count). The van der Waals surface area contributed by atoms with Gasteiger partial charge >= 0.3 is 0 Å². The summed E-state index contributed by atoms with van der Waals surface area (Å²) < 4.78 is 10.6. The highest BCUT2D eigenvalue weighted by Gasteiger charge is 2.15. The van der Waals surface area contributed by atoms with Gasteiger partial charge in [-0.15, -0.1) is 11.8 Å². The Morgan fingerprint density at radius 2 is 1.81 bits per heavy atom. The SMILES string of the molecule is CCN(Cc1ccc(OC)c(OC)c1)C(=O)CSc1ccc2c(c1)CCC2. The van der Waals surface area contributed by atoms with Crippen LogP contribution in [-0.2, 0) is 24.2 Å². The third-order valence-corrected chi connectivity index (χ3v) is 5.97. The van der Waals surface area contributed by atoms with E-state index in [9.17, 15) is 4.79 Å². The van der Waals surface area contributed by atoms with Crippen LogP contribution in [0, 0.1) is 0 Å². The first-order valence-electron chi connectivity index (χ1n) is 9.38. The van der Waals surface area contributed by atoms with Crippen molar-refractivity contribution in [3.8, 4) is 11.5 Å². The molecule has 144 valence electrons. The zero-order valence-electron chi connectivity index (χ0n) is 16.3. The highest BCUT2D eigenvalue weighted by molar-refractivity contribution is 8.00. The van der Waals surface area contributed by atoms with E-state index in [2.05, 4.69) is 18.2 Å². The van der Waals surface area contributed by atoms with E-state index in [1.807, 2.05) is 30.0 Å². The van der Waals surface area contributed by atoms with Crippen molar-refractivity contribution >= 4 is 17.7 Å². The van der Waals surface area contributed by atoms with Gasteiger partial charge < -0.3 is 14.4 Å². The Hall–Kier alpha value is -2.14. The van der Waals surface area contributed by atoms with E-state index in [0.29, 0.717) is 30.3 Å². The van der Waals surface area contributed by atoms with Crippen LogP contribution in [-0.4, -0.2) is 37.3 Å². The number of carbonyl (C=O) groups excluding carboxylic acids is 1. The molecule has 0 saturated carbocycles. The molecule has 5 heteroatoms. The van der Waals surface area contributed by atoms with Crippen LogP contribution in [0.2, 0.25) is 0 Å². The fourth-order valence-electron chi connectivity index (χ4n) is 3.45. The molecule has 1 aliphatic carbocycles. The summed E-state index contributed by atoms with van der Waals surface area (Å²) in [6.45, 7) is 3.26. The predicted octanol–water partition coefficient (Wildman–Crippen LogP) is 4.33. The number of hydrogen-bond acceptors (Lipinski definition) is 4. The van der Waals surface area contributed by atoms with E-state index in [1.165, 1.54) is 28.9 Å². The molecule has 0 heterocycles. The molecular formula is C22H27NO3S. The number of ether oxygens (including phenoxy) is 2. The van der Waals surface area contributed by atoms with Gasteiger partial charge in [0.25, 0.3) is 0 Å². The van der Waals surface area contributed by atoms with E-state index in [0.717, 1.165) is 12.0 Å². The van der Waals surface area contributed by atoms with E-state index >= 15 is 0 Å². The van der Waals surface area contributed by atoms with Crippen LogP contribution in [0.25, 0.3) is 0 Å². The Morgan fingerprint density at radius 3 is 2.56 bits per heavy atom. The van der Waals surface area contributed by atoms with Crippen LogP contribution < -0.4 is 9.47 Å². The molecule has 0 fully saturated rings. The van der Waals surface area contributed by atoms with Gasteiger partial charge in [0.1, 0.15) is 0 Å². The first-order valence-corrected chi connectivity index (χ1v) is 10.4. The third kappa shape index (κ3) is 4.78. The van der Waals surface area contributed by atoms with Gasteiger partial charge in [-0.2, -0.15) is 0 Å². The fourth-order valence-corrected chi connectivity index (χ4v) is 4.31. The molecule has 1 aliphatic rings. The number of fused-ring (bicyclic) bond motifs is 1. The molecule has 2 aromatic rings. The minimum atomic E-state index is 0.151. The van der Waals surface area contributed by atoms with Gasteiger partial charge in [0.05, 0.1) is 20.0 Å². The van der Waals surface area contributed by atoms with Crippen LogP contribution in [0.4, 0.5) is 0 Å². The molecule has 0 N–H and O–H groups in total. The van der Waals surface area contributed by atoms with Crippen molar-refractivity contribution in [2.45, 2.75) is 37.6 Å². The van der Waals surface area contributed by atoms with Crippen molar-refractivity contribution in [2.24, 2.45) is 0 Å². The number of methoxy groups -OCH3 is 2. The second-order valence-corrected chi connectivity index (χ2v) is 7.72. The van der Waals surface area contributed by atoms with Gasteiger partial charge in [-0.05, 0) is 67.1 Å². The number of thioether (sulfide) groups is 1. The van der Waals surface area contributed by atoms with Crippen LogP contribution in [0.3, 0.4) is 0 Å². The highest BCUT2D eigenvalue weighted by Crippen LogP contribution is 2.29. The lowest BCUT2D eigenvalue weighted by atomic mass is 10.1. The first kappa shape index (κ1) is 19.6. The summed E-state index contributed by atoms with van der Waals surface area (Å²) in [7, 11) is 3.24. The molecule has 27 heavy (non-hydrogen) atoms. The average Bonchev–Trinajstić information content (AvgIpc) is 3.17. The Kier molecular flexibility index (Phi) is 6.67. The summed E-state index contributed by atoms with van der Waals surface area (Å²) >= 11 is 1.63. The maximum absolute atomic E-state index is 12.7. The highest BCUT2D eigenvalue weighted by atomic mass is 32.2. The van der Waals surface area contributed by atoms with E-state index < -0.39 is 0 Å². The Morgan fingerprint density at radius 1 is 1.04 bits per heavy atom. The summed E-state index contributed by atoms with van der Waals surface area (Å²) in [4.78, 5) is 15.8. The van der Waals surface area contributed by atoms with Crippen LogP contribution in [0.15, 0.2) is 41.3 Å². The van der Waals surface area contributed by atoms with Crippen molar-refractivity contribution in [1.82, 2.24) is 4.90 Å². The van der Waals surface area contributed by atoms with Gasteiger partial charge in [0, 0.05) is 18.0 Å². The predicted molar refractivity (Wildman–Crippen MR) is 110 cm³/mol. The van der Waals surface area contributed by atoms with Crippen LogP contribution in [0.5, 0.6) is 11.5 Å². The van der Waals surface area contributed by atoms with Crippen LogP contribution in [0.1, 0.15) is 30.0 Å². The lowest BCUT2D eigenvalue weighted by molar-refractivity contribution is -0.128. The van der Waals surface area contributed by atoms with Crippen molar-refractivity contribution in [2.75, 3.05) is 26.5 Å². The quantitative estimate of drug-likeness (QED) is 0.634. The topological polar surface area (TPSA) is 38.8 Å². The molecule has 1 amide bonds. The number of rotatable bonds is 8. The molecule has 0 unspecified atom stereocenters. The van der Waals surface area contributed by atoms with Crippen molar-refractivity contribution < 1.29 is 14.3 Å². The Bertz CT molecular complexity index is 806. The molecular weight excluding hydrogens is 358 g/mol. The second kappa shape index (κ2) is 9.18. The van der Waals surface area contributed by atoms with Crippen molar-refractivity contribution in [3.05, 3.63) is 53.1 Å². The zero-order chi connectivity index (χ0) is 19.2. The van der Waals surface area contributed by atoms with Gasteiger partial charge in [-0.25, -0.2) is 0 Å². The normalized spacial score (nSPS) is 12.6. The van der Waals surface area contributed by atoms with E-state index in [-0.39, 0.29) is 5.91 Å². The van der Waals surface area contributed by atoms with Crippen molar-refractivity contribution in [3.63, 3.8) is 0 Å². The van der Waals surface area contributed by atoms with E-state index in [1.54, 1.807) is 26.0 Å². The lowest BCUT2D eigenvalue weighted by Crippen LogP contribution is -2.31. The summed E-state index contributed by atoms with van der Waals surface area (Å²) in [5.41, 5.74) is 3.95. The number of hydrogen-bond donors (Lipinski definition) is 0. The van der Waals surface area contributed by atoms with Crippen molar-refractivity contribution in [1.29, 1.82) is 0 Å². The third-order valence-electron chi connectivity index (χ3n) is 4.99. The summed E-state index contributed by atoms with van der Waals surface area (Å²) in [5, 5.41) is 0. The monoisotopic (exact) mass is 385 g/mol. The Labute approximate surface area is 165 Å². The van der Waals surface area contributed by atoms with Gasteiger partial charge in [-0.1, -0.05) is 12.1 Å². The second-order valence-electron chi connectivity index (χ2n) is 6.67. The minimum Gasteiger partial charge on any atom is -0.493 e. The van der Waals surface area contributed by atoms with E-state index in [4.69, 9.17) is 9.47 Å². The molecule has 0 aliphatic heterocycles. The summed E-state index contributed by atoms with van der Waals surface area (Å²) in [6, 6.07) is 12.4. The molecule has 0 spiro atoms. The zero-order valence-corrected chi connectivity index (χ0v) is 17.1. The molecule has 4 nitrogen and oxygen atoms in total. The molecule has 0 aromatic heterocycles. The molecule has 0 saturated heterocycles. The standard InChI is InChI=1S/C22H27NO3S/c1-4-23(14-16-8-11-20(25-2)21(12-16)26-3)22(24)15-27-19-10-9-17-6-5-7-18(17)13-19/h8-13H,4-7,14-15H2,1-3H3. The number of carbonyl (C=O) groups is 1. The molecule has 2 aromatic carbocycles. The number of aryl methyl sites for hydroxylation is 2. The maximum Gasteiger partial charge on any atom is 0.233 e. The summed E-state index contributed by atoms with van der Waals surface area (Å²) in [5.74, 6) is 1.99. The molecule has 0 atom stereocenters. The number of benzene rings is 2. The largest absolute Gasteiger partial charge is 0.493 e. The molecule has 0 radical (unpaired) electrons. The lowest BCUT2D eigenvalue weighted by Gasteiger charge is -2.21. The Balaban J connectivity index is 1.60. The van der Waals surface area contributed by atoms with Gasteiger partial charge in [-0.3, -0.25) is 4.79 Å². The number of nitrogens with zero attached hydrogens (tertiary/aromatic N) is 1. The summed E-state index contributed by atoms with van der Waals surface area (Å²) in [6.07, 6.45) is 3.60. The number of amides is 1. The fraction of sp³-hybridized carbons (Fsp3) is 0.409.